The SMILES string of the molecule is CCCN1CCOC(CN)C1c1cc(F)c(F)c(F)c1. The molecule has 3 nitrogen and oxygen atoms in total. The first-order valence-electron chi connectivity index (χ1n) is 6.78. The lowest BCUT2D eigenvalue weighted by atomic mass is 9.97. The first-order chi connectivity index (χ1) is 9.58. The zero-order chi connectivity index (χ0) is 14.7. The van der Waals surface area contributed by atoms with Crippen LogP contribution in [0, 0.1) is 17.5 Å². The third-order valence-corrected chi connectivity index (χ3v) is 3.55. The van der Waals surface area contributed by atoms with E-state index in [-0.39, 0.29) is 18.7 Å². The largest absolute Gasteiger partial charge is 0.374 e. The molecule has 1 heterocycles. The van der Waals surface area contributed by atoms with Gasteiger partial charge >= 0.3 is 0 Å². The van der Waals surface area contributed by atoms with Gasteiger partial charge in [-0.1, -0.05) is 6.92 Å². The quantitative estimate of drug-likeness (QED) is 0.863. The van der Waals surface area contributed by atoms with Crippen molar-refractivity contribution in [3.8, 4) is 0 Å². The van der Waals surface area contributed by atoms with Gasteiger partial charge in [-0.05, 0) is 30.7 Å². The number of ether oxygens (including phenoxy) is 1. The van der Waals surface area contributed by atoms with Gasteiger partial charge in [0, 0.05) is 13.1 Å². The minimum atomic E-state index is -1.45. The second-order valence-electron chi connectivity index (χ2n) is 4.92. The molecular weight excluding hydrogens is 269 g/mol. The van der Waals surface area contributed by atoms with E-state index in [4.69, 9.17) is 10.5 Å². The molecule has 2 rings (SSSR count). The number of hydrogen-bond acceptors (Lipinski definition) is 3. The molecule has 1 aliphatic rings. The van der Waals surface area contributed by atoms with Crippen LogP contribution in [-0.4, -0.2) is 37.2 Å². The highest BCUT2D eigenvalue weighted by molar-refractivity contribution is 5.24. The molecule has 1 aliphatic heterocycles. The molecule has 112 valence electrons. The van der Waals surface area contributed by atoms with Gasteiger partial charge in [0.05, 0.1) is 18.8 Å². The normalized spacial score (nSPS) is 24.1. The highest BCUT2D eigenvalue weighted by Gasteiger charge is 2.33. The zero-order valence-corrected chi connectivity index (χ0v) is 11.4. The van der Waals surface area contributed by atoms with Crippen molar-refractivity contribution < 1.29 is 17.9 Å². The summed E-state index contributed by atoms with van der Waals surface area (Å²) in [6, 6.07) is 1.71. The van der Waals surface area contributed by atoms with E-state index in [1.807, 2.05) is 6.92 Å². The first-order valence-corrected chi connectivity index (χ1v) is 6.78. The molecule has 1 aromatic carbocycles. The van der Waals surface area contributed by atoms with Crippen LogP contribution in [-0.2, 0) is 4.74 Å². The number of morpholine rings is 1. The summed E-state index contributed by atoms with van der Waals surface area (Å²) >= 11 is 0. The number of rotatable bonds is 4. The van der Waals surface area contributed by atoms with Crippen molar-refractivity contribution in [2.24, 2.45) is 5.73 Å². The lowest BCUT2D eigenvalue weighted by Crippen LogP contribution is -2.48. The summed E-state index contributed by atoms with van der Waals surface area (Å²) in [5.41, 5.74) is 6.05. The van der Waals surface area contributed by atoms with Crippen molar-refractivity contribution in [2.75, 3.05) is 26.2 Å². The van der Waals surface area contributed by atoms with Crippen LogP contribution in [0.3, 0.4) is 0 Å². The molecule has 2 N–H and O–H groups in total. The summed E-state index contributed by atoms with van der Waals surface area (Å²) in [7, 11) is 0. The molecule has 2 unspecified atom stereocenters. The van der Waals surface area contributed by atoms with E-state index in [2.05, 4.69) is 4.90 Å². The molecule has 0 radical (unpaired) electrons. The average molecular weight is 288 g/mol. The standard InChI is InChI=1S/C14H19F3N2O/c1-2-3-19-4-5-20-12(8-18)14(19)9-6-10(15)13(17)11(16)7-9/h6-7,12,14H,2-5,8,18H2,1H3. The Labute approximate surface area is 116 Å². The van der Waals surface area contributed by atoms with Crippen molar-refractivity contribution in [2.45, 2.75) is 25.5 Å². The van der Waals surface area contributed by atoms with Gasteiger partial charge in [0.1, 0.15) is 0 Å². The second kappa shape index (κ2) is 6.56. The van der Waals surface area contributed by atoms with Crippen LogP contribution in [0.15, 0.2) is 12.1 Å². The highest BCUT2D eigenvalue weighted by Crippen LogP contribution is 2.31. The molecule has 6 heteroatoms. The van der Waals surface area contributed by atoms with Crippen LogP contribution >= 0.6 is 0 Å². The van der Waals surface area contributed by atoms with E-state index >= 15 is 0 Å². The maximum Gasteiger partial charge on any atom is 0.194 e. The van der Waals surface area contributed by atoms with Crippen molar-refractivity contribution in [3.63, 3.8) is 0 Å². The number of nitrogens with zero attached hydrogens (tertiary/aromatic N) is 1. The summed E-state index contributed by atoms with van der Waals surface area (Å²) in [6.45, 7) is 4.23. The molecule has 20 heavy (non-hydrogen) atoms. The fourth-order valence-corrected chi connectivity index (χ4v) is 2.69. The molecule has 1 fully saturated rings. The summed E-state index contributed by atoms with van der Waals surface area (Å²) < 4.78 is 45.5. The predicted molar refractivity (Wildman–Crippen MR) is 69.7 cm³/mol. The van der Waals surface area contributed by atoms with Gasteiger partial charge in [0.25, 0.3) is 0 Å². The topological polar surface area (TPSA) is 38.5 Å². The molecule has 0 spiro atoms. The Kier molecular flexibility index (Phi) is 5.01. The first kappa shape index (κ1) is 15.3. The number of nitrogens with two attached hydrogens (primary N) is 1. The smallest absolute Gasteiger partial charge is 0.194 e. The Hall–Kier alpha value is -1.11. The predicted octanol–water partition coefficient (Wildman–Crippen LogP) is 2.21. The van der Waals surface area contributed by atoms with Crippen LogP contribution in [0.25, 0.3) is 0 Å². The van der Waals surface area contributed by atoms with E-state index in [9.17, 15) is 13.2 Å². The minimum absolute atomic E-state index is 0.242. The monoisotopic (exact) mass is 288 g/mol. The maximum atomic E-state index is 13.4. The van der Waals surface area contributed by atoms with Crippen molar-refractivity contribution in [1.29, 1.82) is 0 Å². The van der Waals surface area contributed by atoms with Crippen LogP contribution in [0.5, 0.6) is 0 Å². The van der Waals surface area contributed by atoms with E-state index in [1.54, 1.807) is 0 Å². The Bertz CT molecular complexity index is 445. The van der Waals surface area contributed by atoms with E-state index < -0.39 is 17.5 Å². The van der Waals surface area contributed by atoms with Crippen molar-refractivity contribution in [1.82, 2.24) is 4.90 Å². The third kappa shape index (κ3) is 2.97. The van der Waals surface area contributed by atoms with Gasteiger partial charge in [-0.2, -0.15) is 0 Å². The molecule has 0 aliphatic carbocycles. The molecular formula is C14H19F3N2O. The summed E-state index contributed by atoms with van der Waals surface area (Å²) in [4.78, 5) is 2.08. The maximum absolute atomic E-state index is 13.4. The highest BCUT2D eigenvalue weighted by atomic mass is 19.2. The molecule has 0 bridgehead atoms. The van der Waals surface area contributed by atoms with E-state index in [1.165, 1.54) is 0 Å². The number of halogens is 3. The zero-order valence-electron chi connectivity index (χ0n) is 11.4. The Morgan fingerprint density at radius 3 is 2.50 bits per heavy atom. The van der Waals surface area contributed by atoms with Gasteiger partial charge in [-0.3, -0.25) is 4.90 Å². The summed E-state index contributed by atoms with van der Waals surface area (Å²) in [5, 5.41) is 0. The lowest BCUT2D eigenvalue weighted by Gasteiger charge is -2.41. The minimum Gasteiger partial charge on any atom is -0.374 e. The average Bonchev–Trinajstić information content (AvgIpc) is 2.44. The molecule has 1 aromatic rings. The molecule has 2 atom stereocenters. The van der Waals surface area contributed by atoms with Gasteiger partial charge in [-0.25, -0.2) is 13.2 Å². The number of benzene rings is 1. The van der Waals surface area contributed by atoms with Crippen LogP contribution < -0.4 is 5.73 Å². The van der Waals surface area contributed by atoms with Gasteiger partial charge in [0.2, 0.25) is 0 Å². The van der Waals surface area contributed by atoms with Crippen LogP contribution in [0.1, 0.15) is 24.9 Å². The molecule has 0 amide bonds. The summed E-state index contributed by atoms with van der Waals surface area (Å²) in [6.07, 6.45) is 0.555. The number of hydrogen-bond donors (Lipinski definition) is 1. The lowest BCUT2D eigenvalue weighted by molar-refractivity contribution is -0.0678. The second-order valence-corrected chi connectivity index (χ2v) is 4.92. The van der Waals surface area contributed by atoms with Crippen LogP contribution in [0.2, 0.25) is 0 Å². The van der Waals surface area contributed by atoms with Gasteiger partial charge in [-0.15, -0.1) is 0 Å². The van der Waals surface area contributed by atoms with E-state index in [0.29, 0.717) is 18.7 Å². The van der Waals surface area contributed by atoms with Crippen LogP contribution in [0.4, 0.5) is 13.2 Å². The summed E-state index contributed by atoms with van der Waals surface area (Å²) in [5.74, 6) is -3.81. The molecule has 0 aromatic heterocycles. The Morgan fingerprint density at radius 2 is 1.95 bits per heavy atom. The van der Waals surface area contributed by atoms with Gasteiger partial charge in [0.15, 0.2) is 17.5 Å². The Morgan fingerprint density at radius 1 is 1.30 bits per heavy atom. The van der Waals surface area contributed by atoms with Crippen molar-refractivity contribution in [3.05, 3.63) is 35.1 Å². The fraction of sp³-hybridized carbons (Fsp3) is 0.571. The third-order valence-electron chi connectivity index (χ3n) is 3.55. The Balaban J connectivity index is 2.38. The fourth-order valence-electron chi connectivity index (χ4n) is 2.69. The van der Waals surface area contributed by atoms with E-state index in [0.717, 1.165) is 25.1 Å². The van der Waals surface area contributed by atoms with Crippen molar-refractivity contribution >= 4 is 0 Å². The van der Waals surface area contributed by atoms with Gasteiger partial charge < -0.3 is 10.5 Å². The molecule has 0 saturated carbocycles. The molecule has 1 saturated heterocycles.